The van der Waals surface area contributed by atoms with Gasteiger partial charge in [-0.25, -0.2) is 4.68 Å². The van der Waals surface area contributed by atoms with E-state index in [9.17, 15) is 4.79 Å². The van der Waals surface area contributed by atoms with Gasteiger partial charge in [0.25, 0.3) is 5.24 Å². The van der Waals surface area contributed by atoms with E-state index in [0.29, 0.717) is 30.3 Å². The quantitative estimate of drug-likeness (QED) is 0.205. The maximum absolute atomic E-state index is 11.5. The van der Waals surface area contributed by atoms with Crippen LogP contribution in [0.25, 0.3) is 16.9 Å². The van der Waals surface area contributed by atoms with Crippen LogP contribution < -0.4 is 9.47 Å². The topological polar surface area (TPSA) is 53.4 Å². The summed E-state index contributed by atoms with van der Waals surface area (Å²) in [5, 5.41) is 4.01. The van der Waals surface area contributed by atoms with Crippen LogP contribution in [0.1, 0.15) is 21.5 Å². The van der Waals surface area contributed by atoms with Crippen LogP contribution >= 0.6 is 11.6 Å². The van der Waals surface area contributed by atoms with Crippen LogP contribution in [0.4, 0.5) is 0 Å². The van der Waals surface area contributed by atoms with E-state index in [2.05, 4.69) is 5.10 Å². The zero-order chi connectivity index (χ0) is 24.7. The largest absolute Gasteiger partial charge is 0.489 e. The van der Waals surface area contributed by atoms with Crippen LogP contribution in [0, 0.1) is 0 Å². The van der Waals surface area contributed by atoms with Crippen molar-refractivity contribution in [3.05, 3.63) is 132 Å². The zero-order valence-corrected chi connectivity index (χ0v) is 20.1. The number of carbonyl (C=O) groups excluding carboxylic acids is 1. The summed E-state index contributed by atoms with van der Waals surface area (Å²) in [6.45, 7) is 0.874. The first-order chi connectivity index (χ1) is 17.7. The van der Waals surface area contributed by atoms with Crippen molar-refractivity contribution in [3.8, 4) is 28.4 Å². The summed E-state index contributed by atoms with van der Waals surface area (Å²) < 4.78 is 14.2. The maximum Gasteiger partial charge on any atom is 0.252 e. The minimum absolute atomic E-state index is 0.413. The molecule has 178 valence electrons. The van der Waals surface area contributed by atoms with E-state index in [4.69, 9.17) is 21.1 Å². The molecule has 36 heavy (non-hydrogen) atoms. The average molecular weight is 495 g/mol. The summed E-state index contributed by atoms with van der Waals surface area (Å²) in [5.74, 6) is 1.39. The van der Waals surface area contributed by atoms with E-state index >= 15 is 0 Å². The lowest BCUT2D eigenvalue weighted by Gasteiger charge is -2.16. The molecule has 5 aromatic rings. The average Bonchev–Trinajstić information content (AvgIpc) is 3.42. The Morgan fingerprint density at radius 1 is 0.750 bits per heavy atom. The van der Waals surface area contributed by atoms with Crippen molar-refractivity contribution in [2.45, 2.75) is 13.2 Å². The molecule has 1 heterocycles. The minimum atomic E-state index is -0.495. The highest BCUT2D eigenvalue weighted by molar-refractivity contribution is 6.67. The monoisotopic (exact) mass is 494 g/mol. The van der Waals surface area contributed by atoms with Gasteiger partial charge in [0.2, 0.25) is 0 Å². The number of halogens is 1. The standard InChI is InChI=1S/C30H23ClN2O3/c31-30(34)24-11-13-25(14-12-24)33-28(17-18-32-33)27-16-15-26(35-20-22-7-3-1-4-8-22)19-29(27)36-21-23-9-5-2-6-10-23/h1-19H,20-21H2. The summed E-state index contributed by atoms with van der Waals surface area (Å²) in [7, 11) is 0. The first-order valence-electron chi connectivity index (χ1n) is 11.5. The van der Waals surface area contributed by atoms with E-state index in [-0.39, 0.29) is 0 Å². The van der Waals surface area contributed by atoms with Crippen LogP contribution in [-0.2, 0) is 13.2 Å². The molecule has 0 amide bonds. The van der Waals surface area contributed by atoms with Gasteiger partial charge in [-0.15, -0.1) is 0 Å². The number of rotatable bonds is 9. The molecule has 4 aromatic carbocycles. The molecule has 0 aliphatic rings. The Labute approximate surface area is 214 Å². The van der Waals surface area contributed by atoms with Gasteiger partial charge in [-0.2, -0.15) is 5.10 Å². The van der Waals surface area contributed by atoms with Crippen LogP contribution in [0.3, 0.4) is 0 Å². The van der Waals surface area contributed by atoms with Gasteiger partial charge in [0.1, 0.15) is 24.7 Å². The molecule has 5 nitrogen and oxygen atoms in total. The van der Waals surface area contributed by atoms with E-state index in [1.807, 2.05) is 97.1 Å². The number of hydrogen-bond donors (Lipinski definition) is 0. The van der Waals surface area contributed by atoms with Crippen molar-refractivity contribution >= 4 is 16.8 Å². The van der Waals surface area contributed by atoms with Crippen LogP contribution in [0.2, 0.25) is 0 Å². The Hall–Kier alpha value is -4.35. The number of nitrogens with zero attached hydrogens (tertiary/aromatic N) is 2. The molecule has 0 bridgehead atoms. The molecule has 0 aliphatic carbocycles. The third-order valence-electron chi connectivity index (χ3n) is 5.70. The molecule has 1 aromatic heterocycles. The number of hydrogen-bond acceptors (Lipinski definition) is 4. The van der Waals surface area contributed by atoms with Crippen molar-refractivity contribution in [2.24, 2.45) is 0 Å². The summed E-state index contributed by atoms with van der Waals surface area (Å²) in [6.07, 6.45) is 1.73. The Balaban J connectivity index is 1.47. The molecule has 0 saturated carbocycles. The predicted octanol–water partition coefficient (Wildman–Crippen LogP) is 7.08. The molecule has 0 radical (unpaired) electrons. The van der Waals surface area contributed by atoms with E-state index in [0.717, 1.165) is 28.1 Å². The SMILES string of the molecule is O=C(Cl)c1ccc(-n2nccc2-c2ccc(OCc3ccccc3)cc2OCc2ccccc2)cc1. The Kier molecular flexibility index (Phi) is 7.10. The van der Waals surface area contributed by atoms with Crippen LogP contribution in [0.15, 0.2) is 115 Å². The molecular weight excluding hydrogens is 472 g/mol. The first-order valence-corrected chi connectivity index (χ1v) is 11.9. The molecule has 0 spiro atoms. The molecule has 5 rings (SSSR count). The molecule has 0 N–H and O–H groups in total. The summed E-state index contributed by atoms with van der Waals surface area (Å²) in [5.41, 5.74) is 5.10. The van der Waals surface area contributed by atoms with E-state index < -0.39 is 5.24 Å². The second kappa shape index (κ2) is 10.9. The van der Waals surface area contributed by atoms with Crippen molar-refractivity contribution in [2.75, 3.05) is 0 Å². The molecule has 0 unspecified atom stereocenters. The summed E-state index contributed by atoms with van der Waals surface area (Å²) >= 11 is 5.60. The Bertz CT molecular complexity index is 1450. The smallest absolute Gasteiger partial charge is 0.252 e. The van der Waals surface area contributed by atoms with E-state index in [1.165, 1.54) is 0 Å². The number of carbonyl (C=O) groups is 1. The molecule has 0 fully saturated rings. The molecule has 0 atom stereocenters. The normalized spacial score (nSPS) is 10.7. The van der Waals surface area contributed by atoms with Crippen molar-refractivity contribution in [1.82, 2.24) is 9.78 Å². The molecule has 0 saturated heterocycles. The fourth-order valence-electron chi connectivity index (χ4n) is 3.85. The zero-order valence-electron chi connectivity index (χ0n) is 19.4. The Morgan fingerprint density at radius 2 is 1.39 bits per heavy atom. The van der Waals surface area contributed by atoms with Crippen LogP contribution in [-0.4, -0.2) is 15.0 Å². The van der Waals surface area contributed by atoms with Gasteiger partial charge in [-0.3, -0.25) is 4.79 Å². The second-order valence-electron chi connectivity index (χ2n) is 8.16. The summed E-state index contributed by atoms with van der Waals surface area (Å²) in [6, 6.07) is 34.8. The lowest BCUT2D eigenvalue weighted by atomic mass is 10.1. The van der Waals surface area contributed by atoms with Gasteiger partial charge in [0.15, 0.2) is 0 Å². The third-order valence-corrected chi connectivity index (χ3v) is 5.91. The van der Waals surface area contributed by atoms with Crippen molar-refractivity contribution in [1.29, 1.82) is 0 Å². The molecular formula is C30H23ClN2O3. The fourth-order valence-corrected chi connectivity index (χ4v) is 3.97. The first kappa shape index (κ1) is 23.4. The molecule has 6 heteroatoms. The van der Waals surface area contributed by atoms with E-state index in [1.54, 1.807) is 23.0 Å². The predicted molar refractivity (Wildman–Crippen MR) is 141 cm³/mol. The highest BCUT2D eigenvalue weighted by Crippen LogP contribution is 2.35. The van der Waals surface area contributed by atoms with Crippen molar-refractivity contribution < 1.29 is 14.3 Å². The van der Waals surface area contributed by atoms with Gasteiger partial charge in [0.05, 0.1) is 17.6 Å². The van der Waals surface area contributed by atoms with Gasteiger partial charge in [0, 0.05) is 17.2 Å². The summed E-state index contributed by atoms with van der Waals surface area (Å²) in [4.78, 5) is 11.5. The fraction of sp³-hybridized carbons (Fsp3) is 0.0667. The number of benzene rings is 4. The number of aromatic nitrogens is 2. The third kappa shape index (κ3) is 5.48. The lowest BCUT2D eigenvalue weighted by Crippen LogP contribution is -2.03. The van der Waals surface area contributed by atoms with Gasteiger partial charge in [-0.1, -0.05) is 60.7 Å². The highest BCUT2D eigenvalue weighted by Gasteiger charge is 2.15. The van der Waals surface area contributed by atoms with Crippen LogP contribution in [0.5, 0.6) is 11.5 Å². The molecule has 0 aliphatic heterocycles. The number of ether oxygens (including phenoxy) is 2. The minimum Gasteiger partial charge on any atom is -0.489 e. The maximum atomic E-state index is 11.5. The van der Waals surface area contributed by atoms with Gasteiger partial charge in [-0.05, 0) is 65.2 Å². The lowest BCUT2D eigenvalue weighted by molar-refractivity contribution is 0.108. The second-order valence-corrected chi connectivity index (χ2v) is 8.50. The Morgan fingerprint density at radius 3 is 2.03 bits per heavy atom. The van der Waals surface area contributed by atoms with Crippen molar-refractivity contribution in [3.63, 3.8) is 0 Å². The van der Waals surface area contributed by atoms with Gasteiger partial charge >= 0.3 is 0 Å². The highest BCUT2D eigenvalue weighted by atomic mass is 35.5. The van der Waals surface area contributed by atoms with Gasteiger partial charge < -0.3 is 9.47 Å².